The SMILES string of the molecule is [NH3+]C1CCCCC1C(=O)OCCOC(=O)C(Br)Br. The van der Waals surface area contributed by atoms with E-state index in [0.29, 0.717) is 0 Å². The highest BCUT2D eigenvalue weighted by molar-refractivity contribution is 9.25. The Bertz CT molecular complexity index is 299. The molecule has 104 valence electrons. The monoisotopic (exact) mass is 386 g/mol. The summed E-state index contributed by atoms with van der Waals surface area (Å²) in [6.45, 7) is 0.174. The Balaban J connectivity index is 2.18. The van der Waals surface area contributed by atoms with Crippen molar-refractivity contribution in [2.75, 3.05) is 13.2 Å². The van der Waals surface area contributed by atoms with Gasteiger partial charge in [-0.2, -0.15) is 0 Å². The molecule has 0 heterocycles. The van der Waals surface area contributed by atoms with Crippen LogP contribution < -0.4 is 5.73 Å². The Morgan fingerprint density at radius 3 is 2.39 bits per heavy atom. The standard InChI is InChI=1S/C11H17Br2NO4/c12-9(13)11(16)18-6-5-17-10(15)7-3-1-2-4-8(7)14/h7-9H,1-6,14H2/p+1. The van der Waals surface area contributed by atoms with Gasteiger partial charge in [-0.15, -0.1) is 0 Å². The summed E-state index contributed by atoms with van der Waals surface area (Å²) in [5.41, 5.74) is 3.98. The molecular weight excluding hydrogens is 370 g/mol. The lowest BCUT2D eigenvalue weighted by molar-refractivity contribution is -0.435. The number of rotatable bonds is 5. The van der Waals surface area contributed by atoms with E-state index in [1.807, 2.05) is 0 Å². The van der Waals surface area contributed by atoms with Crippen LogP contribution in [0.2, 0.25) is 0 Å². The summed E-state index contributed by atoms with van der Waals surface area (Å²) >= 11 is 6.03. The van der Waals surface area contributed by atoms with Crippen LogP contribution in [-0.2, 0) is 19.1 Å². The van der Waals surface area contributed by atoms with Gasteiger partial charge in [-0.3, -0.25) is 4.79 Å². The highest BCUT2D eigenvalue weighted by Gasteiger charge is 2.32. The summed E-state index contributed by atoms with van der Waals surface area (Å²) < 4.78 is 9.41. The van der Waals surface area contributed by atoms with Crippen molar-refractivity contribution in [1.82, 2.24) is 0 Å². The molecule has 3 N–H and O–H groups in total. The second kappa shape index (κ2) is 8.12. The van der Waals surface area contributed by atoms with Crippen LogP contribution in [0.4, 0.5) is 0 Å². The van der Waals surface area contributed by atoms with Crippen LogP contribution in [0.25, 0.3) is 0 Å². The van der Waals surface area contributed by atoms with Crippen LogP contribution in [0.15, 0.2) is 0 Å². The van der Waals surface area contributed by atoms with E-state index in [1.54, 1.807) is 0 Å². The van der Waals surface area contributed by atoms with E-state index in [0.717, 1.165) is 25.7 Å². The van der Waals surface area contributed by atoms with Gasteiger partial charge in [0.15, 0.2) is 3.74 Å². The second-order valence-corrected chi connectivity index (χ2v) is 7.35. The third-order valence-electron chi connectivity index (χ3n) is 2.96. The van der Waals surface area contributed by atoms with Gasteiger partial charge in [0.25, 0.3) is 0 Å². The Morgan fingerprint density at radius 2 is 1.78 bits per heavy atom. The highest BCUT2D eigenvalue weighted by atomic mass is 79.9. The minimum absolute atomic E-state index is 0.0762. The lowest BCUT2D eigenvalue weighted by Gasteiger charge is -2.23. The van der Waals surface area contributed by atoms with Crippen molar-refractivity contribution < 1.29 is 24.8 Å². The van der Waals surface area contributed by atoms with E-state index >= 15 is 0 Å². The maximum absolute atomic E-state index is 11.8. The molecule has 0 radical (unpaired) electrons. The molecule has 5 nitrogen and oxygen atoms in total. The minimum Gasteiger partial charge on any atom is -0.462 e. The molecule has 0 saturated heterocycles. The Morgan fingerprint density at radius 1 is 1.17 bits per heavy atom. The molecule has 1 fully saturated rings. The molecule has 2 atom stereocenters. The number of hydrogen-bond donors (Lipinski definition) is 1. The van der Waals surface area contributed by atoms with Crippen LogP contribution in [0.3, 0.4) is 0 Å². The summed E-state index contributed by atoms with van der Waals surface area (Å²) in [5, 5.41) is 0. The molecule has 1 aliphatic carbocycles. The van der Waals surface area contributed by atoms with Crippen LogP contribution in [0, 0.1) is 5.92 Å². The minimum atomic E-state index is -0.525. The van der Waals surface area contributed by atoms with Gasteiger partial charge in [-0.1, -0.05) is 38.3 Å². The van der Waals surface area contributed by atoms with Gasteiger partial charge < -0.3 is 15.2 Å². The summed E-state index contributed by atoms with van der Waals surface area (Å²) in [5.74, 6) is -0.756. The second-order valence-electron chi connectivity index (χ2n) is 4.29. The largest absolute Gasteiger partial charge is 0.462 e. The summed E-state index contributed by atoms with van der Waals surface area (Å²) in [6, 6.07) is 0.142. The number of quaternary nitrogens is 1. The van der Waals surface area contributed by atoms with Crippen molar-refractivity contribution in [3.05, 3.63) is 0 Å². The Hall–Kier alpha value is -0.140. The van der Waals surface area contributed by atoms with E-state index < -0.39 is 9.71 Å². The lowest BCUT2D eigenvalue weighted by atomic mass is 9.85. The molecule has 0 amide bonds. The molecule has 1 rings (SSSR count). The zero-order valence-electron chi connectivity index (χ0n) is 10.1. The first-order valence-corrected chi connectivity index (χ1v) is 7.80. The Kier molecular flexibility index (Phi) is 7.18. The molecule has 18 heavy (non-hydrogen) atoms. The van der Waals surface area contributed by atoms with Gasteiger partial charge in [0.05, 0.1) is 6.04 Å². The van der Waals surface area contributed by atoms with E-state index in [4.69, 9.17) is 9.47 Å². The lowest BCUT2D eigenvalue weighted by Crippen LogP contribution is -2.66. The molecule has 0 aromatic carbocycles. The molecule has 0 aromatic heterocycles. The average molecular weight is 388 g/mol. The number of carbonyl (C=O) groups is 2. The maximum atomic E-state index is 11.8. The van der Waals surface area contributed by atoms with Crippen molar-refractivity contribution in [1.29, 1.82) is 0 Å². The molecule has 1 saturated carbocycles. The molecule has 2 unspecified atom stereocenters. The van der Waals surface area contributed by atoms with Gasteiger partial charge in [-0.25, -0.2) is 4.79 Å². The molecular formula is C11H18Br2NO4+. The first kappa shape index (κ1) is 15.9. The van der Waals surface area contributed by atoms with Crippen LogP contribution >= 0.6 is 31.9 Å². The van der Waals surface area contributed by atoms with E-state index in [2.05, 4.69) is 37.6 Å². The zero-order valence-corrected chi connectivity index (χ0v) is 13.2. The number of ether oxygens (including phenoxy) is 2. The number of alkyl halides is 2. The fourth-order valence-corrected chi connectivity index (χ4v) is 2.24. The predicted molar refractivity (Wildman–Crippen MR) is 72.2 cm³/mol. The van der Waals surface area contributed by atoms with E-state index in [1.165, 1.54) is 0 Å². The number of halogens is 2. The van der Waals surface area contributed by atoms with Crippen molar-refractivity contribution in [3.8, 4) is 0 Å². The molecule has 0 spiro atoms. The van der Waals surface area contributed by atoms with Gasteiger partial charge in [-0.05, 0) is 12.8 Å². The maximum Gasteiger partial charge on any atom is 0.330 e. The first-order valence-electron chi connectivity index (χ1n) is 5.97. The van der Waals surface area contributed by atoms with Gasteiger partial charge >= 0.3 is 11.9 Å². The van der Waals surface area contributed by atoms with E-state index in [9.17, 15) is 9.59 Å². The average Bonchev–Trinajstić information content (AvgIpc) is 2.34. The van der Waals surface area contributed by atoms with Crippen LogP contribution in [0.5, 0.6) is 0 Å². The molecule has 0 bridgehead atoms. The molecule has 0 aromatic rings. The van der Waals surface area contributed by atoms with Crippen molar-refractivity contribution in [2.24, 2.45) is 5.92 Å². The van der Waals surface area contributed by atoms with E-state index in [-0.39, 0.29) is 31.1 Å². The number of hydrogen-bond acceptors (Lipinski definition) is 4. The van der Waals surface area contributed by atoms with Gasteiger partial charge in [0, 0.05) is 6.42 Å². The summed E-state index contributed by atoms with van der Waals surface area (Å²) in [7, 11) is 0. The quantitative estimate of drug-likeness (QED) is 0.433. The molecule has 1 aliphatic rings. The fourth-order valence-electron chi connectivity index (χ4n) is 1.97. The first-order chi connectivity index (χ1) is 8.52. The van der Waals surface area contributed by atoms with Gasteiger partial charge in [0.1, 0.15) is 19.1 Å². The van der Waals surface area contributed by atoms with Crippen molar-refractivity contribution in [2.45, 2.75) is 35.5 Å². The molecule has 0 aliphatic heterocycles. The normalized spacial score (nSPS) is 23.8. The third kappa shape index (κ3) is 5.24. The smallest absolute Gasteiger partial charge is 0.330 e. The van der Waals surface area contributed by atoms with Gasteiger partial charge in [0.2, 0.25) is 0 Å². The zero-order chi connectivity index (χ0) is 13.5. The van der Waals surface area contributed by atoms with Crippen LogP contribution in [0.1, 0.15) is 25.7 Å². The predicted octanol–water partition coefficient (Wildman–Crippen LogP) is 0.989. The molecule has 7 heteroatoms. The van der Waals surface area contributed by atoms with Crippen molar-refractivity contribution >= 4 is 43.8 Å². The fraction of sp³-hybridized carbons (Fsp3) is 0.818. The summed E-state index contributed by atoms with van der Waals surface area (Å²) in [4.78, 5) is 22.8. The van der Waals surface area contributed by atoms with Crippen molar-refractivity contribution in [3.63, 3.8) is 0 Å². The number of carbonyl (C=O) groups excluding carboxylic acids is 2. The topological polar surface area (TPSA) is 80.2 Å². The third-order valence-corrected chi connectivity index (χ3v) is 3.71. The number of esters is 2. The van der Waals surface area contributed by atoms with Crippen LogP contribution in [-0.4, -0.2) is 34.9 Å². The summed E-state index contributed by atoms with van der Waals surface area (Å²) in [6.07, 6.45) is 4.00. The highest BCUT2D eigenvalue weighted by Crippen LogP contribution is 2.22. The Labute approximate surface area is 123 Å².